The van der Waals surface area contributed by atoms with E-state index in [2.05, 4.69) is 24.3 Å². The van der Waals surface area contributed by atoms with Gasteiger partial charge in [-0.1, -0.05) is 19.0 Å². The van der Waals surface area contributed by atoms with Crippen LogP contribution in [0.2, 0.25) is 0 Å². The second-order valence-electron chi connectivity index (χ2n) is 10.8. The lowest BCUT2D eigenvalue weighted by Gasteiger charge is -2.41. The number of likely N-dealkylation sites (N-methyl/N-ethyl adjacent to an activating group) is 1. The third kappa shape index (κ3) is 4.72. The van der Waals surface area contributed by atoms with Crippen LogP contribution in [0.1, 0.15) is 74.2 Å². The topological polar surface area (TPSA) is 99.0 Å². The third-order valence-corrected chi connectivity index (χ3v) is 7.72. The highest BCUT2D eigenvalue weighted by atomic mass is 16.5. The maximum Gasteiger partial charge on any atom is 0.325 e. The summed E-state index contributed by atoms with van der Waals surface area (Å²) in [5, 5.41) is 7.23. The van der Waals surface area contributed by atoms with E-state index in [1.807, 2.05) is 23.9 Å². The first-order valence-electron chi connectivity index (χ1n) is 12.8. The standard InChI is InChI=1S/C25H39N5O4/c1-17(2)9-12-25(23(32)30(24(33)26-25)16-15-28(3)4)18-10-13-29(14-11-18)22(31)21-19-7-5-6-8-20(19)34-27-21/h17-18H,5-16H2,1-4H3,(H,26,33)/t25-/m1/s1. The summed E-state index contributed by atoms with van der Waals surface area (Å²) in [7, 11) is 3.87. The molecule has 2 aliphatic heterocycles. The molecule has 1 atom stereocenters. The van der Waals surface area contributed by atoms with Gasteiger partial charge in [-0.05, 0) is 70.9 Å². The van der Waals surface area contributed by atoms with E-state index in [4.69, 9.17) is 4.52 Å². The number of aromatic nitrogens is 1. The van der Waals surface area contributed by atoms with E-state index < -0.39 is 5.54 Å². The highest BCUT2D eigenvalue weighted by Gasteiger charge is 2.55. The number of imide groups is 1. The Kier molecular flexibility index (Phi) is 7.31. The van der Waals surface area contributed by atoms with Crippen LogP contribution in [0.3, 0.4) is 0 Å². The van der Waals surface area contributed by atoms with Crippen LogP contribution < -0.4 is 5.32 Å². The molecule has 3 aliphatic rings. The van der Waals surface area contributed by atoms with E-state index in [1.165, 1.54) is 4.90 Å². The van der Waals surface area contributed by atoms with E-state index in [9.17, 15) is 14.4 Å². The van der Waals surface area contributed by atoms with Gasteiger partial charge in [-0.3, -0.25) is 14.5 Å². The van der Waals surface area contributed by atoms with Gasteiger partial charge in [0, 0.05) is 38.2 Å². The average molecular weight is 474 g/mol. The number of fused-ring (bicyclic) bond motifs is 1. The van der Waals surface area contributed by atoms with Gasteiger partial charge in [0.25, 0.3) is 11.8 Å². The first-order valence-corrected chi connectivity index (χ1v) is 12.8. The van der Waals surface area contributed by atoms with Crippen molar-refractivity contribution in [2.24, 2.45) is 11.8 Å². The molecular weight excluding hydrogens is 434 g/mol. The summed E-state index contributed by atoms with van der Waals surface area (Å²) >= 11 is 0. The number of nitrogens with zero attached hydrogens (tertiary/aromatic N) is 4. The van der Waals surface area contributed by atoms with Gasteiger partial charge in [-0.25, -0.2) is 4.79 Å². The Hall–Kier alpha value is -2.42. The van der Waals surface area contributed by atoms with Gasteiger partial charge in [0.1, 0.15) is 11.3 Å². The van der Waals surface area contributed by atoms with Crippen molar-refractivity contribution < 1.29 is 18.9 Å². The van der Waals surface area contributed by atoms with Crippen LogP contribution in [0, 0.1) is 11.8 Å². The predicted octanol–water partition coefficient (Wildman–Crippen LogP) is 2.69. The number of amides is 4. The Morgan fingerprint density at radius 3 is 2.59 bits per heavy atom. The lowest BCUT2D eigenvalue weighted by atomic mass is 9.73. The van der Waals surface area contributed by atoms with Gasteiger partial charge in [-0.2, -0.15) is 0 Å². The van der Waals surface area contributed by atoms with Crippen molar-refractivity contribution in [3.63, 3.8) is 0 Å². The van der Waals surface area contributed by atoms with Crippen molar-refractivity contribution >= 4 is 17.8 Å². The number of carbonyl (C=O) groups excluding carboxylic acids is 3. The highest BCUT2D eigenvalue weighted by molar-refractivity contribution is 6.07. The average Bonchev–Trinajstić information content (AvgIpc) is 3.35. The van der Waals surface area contributed by atoms with Crippen LogP contribution in [0.15, 0.2) is 4.52 Å². The largest absolute Gasteiger partial charge is 0.360 e. The molecule has 0 radical (unpaired) electrons. The summed E-state index contributed by atoms with van der Waals surface area (Å²) in [4.78, 5) is 44.9. The fourth-order valence-corrected chi connectivity index (χ4v) is 5.59. The molecule has 9 nitrogen and oxygen atoms in total. The molecule has 0 bridgehead atoms. The zero-order valence-electron chi connectivity index (χ0n) is 21.1. The van der Waals surface area contributed by atoms with Crippen LogP contribution in [0.5, 0.6) is 0 Å². The van der Waals surface area contributed by atoms with Gasteiger partial charge in [0.2, 0.25) is 0 Å². The Labute approximate surface area is 202 Å². The summed E-state index contributed by atoms with van der Waals surface area (Å²) in [5.74, 6) is 1.11. The van der Waals surface area contributed by atoms with Crippen molar-refractivity contribution in [2.75, 3.05) is 40.3 Å². The molecule has 1 aromatic rings. The van der Waals surface area contributed by atoms with Crippen molar-refractivity contribution in [1.82, 2.24) is 25.2 Å². The molecule has 1 aliphatic carbocycles. The summed E-state index contributed by atoms with van der Waals surface area (Å²) in [6, 6.07) is -0.289. The zero-order valence-corrected chi connectivity index (χ0v) is 21.1. The van der Waals surface area contributed by atoms with Crippen LogP contribution in [0.4, 0.5) is 4.79 Å². The van der Waals surface area contributed by atoms with Crippen molar-refractivity contribution in [1.29, 1.82) is 0 Å². The lowest BCUT2D eigenvalue weighted by molar-refractivity contribution is -0.134. The number of likely N-dealkylation sites (tertiary alicyclic amines) is 1. The second-order valence-corrected chi connectivity index (χ2v) is 10.8. The zero-order chi connectivity index (χ0) is 24.5. The minimum Gasteiger partial charge on any atom is -0.360 e. The molecule has 0 unspecified atom stereocenters. The number of urea groups is 1. The van der Waals surface area contributed by atoms with Gasteiger partial charge in [0.05, 0.1) is 0 Å². The predicted molar refractivity (Wildman–Crippen MR) is 127 cm³/mol. The van der Waals surface area contributed by atoms with Gasteiger partial charge in [-0.15, -0.1) is 0 Å². The third-order valence-electron chi connectivity index (χ3n) is 7.72. The maximum absolute atomic E-state index is 13.6. The van der Waals surface area contributed by atoms with Gasteiger partial charge in [0.15, 0.2) is 5.69 Å². The highest BCUT2D eigenvalue weighted by Crippen LogP contribution is 2.38. The molecule has 2 fully saturated rings. The SMILES string of the molecule is CC(C)CC[C@]1(C2CCN(C(=O)c3noc4c3CCCC4)CC2)NC(=O)N(CCN(C)C)C1=O. The van der Waals surface area contributed by atoms with Crippen molar-refractivity contribution in [3.8, 4) is 0 Å². The number of hydrogen-bond donors (Lipinski definition) is 1. The number of rotatable bonds is 8. The number of carbonyl (C=O) groups is 3. The normalized spacial score (nSPS) is 23.7. The Morgan fingerprint density at radius 1 is 1.21 bits per heavy atom. The van der Waals surface area contributed by atoms with E-state index in [1.54, 1.807) is 0 Å². The van der Waals surface area contributed by atoms with Gasteiger partial charge < -0.3 is 19.6 Å². The molecule has 0 spiro atoms. The van der Waals surface area contributed by atoms with Crippen LogP contribution in [0.25, 0.3) is 0 Å². The van der Waals surface area contributed by atoms with E-state index in [0.717, 1.165) is 43.4 Å². The van der Waals surface area contributed by atoms with Crippen LogP contribution in [-0.4, -0.2) is 83.5 Å². The fraction of sp³-hybridized carbons (Fsp3) is 0.760. The van der Waals surface area contributed by atoms with E-state index in [-0.39, 0.29) is 23.8 Å². The van der Waals surface area contributed by atoms with Crippen LogP contribution >= 0.6 is 0 Å². The van der Waals surface area contributed by atoms with E-state index >= 15 is 0 Å². The quantitative estimate of drug-likeness (QED) is 0.583. The molecule has 0 aromatic carbocycles. The van der Waals surface area contributed by atoms with Crippen LogP contribution in [-0.2, 0) is 17.6 Å². The molecule has 3 heterocycles. The number of aryl methyl sites for hydroxylation is 1. The molecule has 1 aromatic heterocycles. The molecule has 34 heavy (non-hydrogen) atoms. The smallest absolute Gasteiger partial charge is 0.325 e. The minimum absolute atomic E-state index is 0.00216. The summed E-state index contributed by atoms with van der Waals surface area (Å²) in [6.45, 7) is 6.40. The monoisotopic (exact) mass is 473 g/mol. The maximum atomic E-state index is 13.6. The molecular formula is C25H39N5O4. The Bertz CT molecular complexity index is 918. The number of nitrogens with one attached hydrogen (secondary N) is 1. The first-order chi connectivity index (χ1) is 16.2. The Balaban J connectivity index is 1.47. The second kappa shape index (κ2) is 10.1. The molecule has 2 saturated heterocycles. The molecule has 9 heteroatoms. The van der Waals surface area contributed by atoms with Gasteiger partial charge >= 0.3 is 6.03 Å². The van der Waals surface area contributed by atoms with E-state index in [0.29, 0.717) is 57.1 Å². The molecule has 0 saturated carbocycles. The fourth-order valence-electron chi connectivity index (χ4n) is 5.59. The molecule has 4 rings (SSSR count). The molecule has 188 valence electrons. The molecule has 1 N–H and O–H groups in total. The lowest BCUT2D eigenvalue weighted by Crippen LogP contribution is -2.56. The Morgan fingerprint density at radius 2 is 1.91 bits per heavy atom. The van der Waals surface area contributed by atoms with Crippen molar-refractivity contribution in [3.05, 3.63) is 17.0 Å². The molecule has 4 amide bonds. The summed E-state index contributed by atoms with van der Waals surface area (Å²) in [6.07, 6.45) is 6.67. The summed E-state index contributed by atoms with van der Waals surface area (Å²) in [5.41, 5.74) is 0.555. The summed E-state index contributed by atoms with van der Waals surface area (Å²) < 4.78 is 5.45. The minimum atomic E-state index is -0.879. The number of hydrogen-bond acceptors (Lipinski definition) is 6. The number of piperidine rings is 1. The first kappa shape index (κ1) is 24.7. The van der Waals surface area contributed by atoms with Crippen molar-refractivity contribution in [2.45, 2.75) is 70.8 Å².